The van der Waals surface area contributed by atoms with E-state index in [1.807, 2.05) is 0 Å². The summed E-state index contributed by atoms with van der Waals surface area (Å²) in [6.07, 6.45) is 1.87. The van der Waals surface area contributed by atoms with Gasteiger partial charge < -0.3 is 18.3 Å². The van der Waals surface area contributed by atoms with Gasteiger partial charge in [-0.15, -0.1) is 10.2 Å². The lowest BCUT2D eigenvalue weighted by atomic mass is 10.2. The maximum Gasteiger partial charge on any atom is 0.306 e. The molecule has 0 radical (unpaired) electrons. The summed E-state index contributed by atoms with van der Waals surface area (Å²) >= 11 is 0. The molecule has 0 amide bonds. The number of hydrogen-bond donors (Lipinski definition) is 0. The van der Waals surface area contributed by atoms with Crippen LogP contribution in [0.4, 0.5) is 4.39 Å². The van der Waals surface area contributed by atoms with E-state index < -0.39 is 5.97 Å². The van der Waals surface area contributed by atoms with E-state index in [1.165, 1.54) is 18.3 Å². The van der Waals surface area contributed by atoms with Crippen LogP contribution in [0, 0.1) is 5.82 Å². The third-order valence-electron chi connectivity index (χ3n) is 4.39. The Hall–Kier alpha value is -4.01. The van der Waals surface area contributed by atoms with Crippen LogP contribution in [0.5, 0.6) is 5.75 Å². The second-order valence-electron chi connectivity index (χ2n) is 6.52. The summed E-state index contributed by atoms with van der Waals surface area (Å²) in [5.74, 6) is 1.33. The second-order valence-corrected chi connectivity index (χ2v) is 6.52. The van der Waals surface area contributed by atoms with Gasteiger partial charge in [-0.3, -0.25) is 4.79 Å². The lowest BCUT2D eigenvalue weighted by Gasteiger charge is -2.01. The lowest BCUT2D eigenvalue weighted by molar-refractivity contribution is -0.145. The molecule has 9 heteroatoms. The van der Waals surface area contributed by atoms with Crippen molar-refractivity contribution in [2.75, 3.05) is 7.11 Å². The zero-order valence-corrected chi connectivity index (χ0v) is 16.6. The first-order valence-corrected chi connectivity index (χ1v) is 9.44. The van der Waals surface area contributed by atoms with Gasteiger partial charge in [0.05, 0.1) is 19.7 Å². The van der Waals surface area contributed by atoms with E-state index in [0.717, 1.165) is 5.56 Å². The topological polar surface area (TPSA) is 100 Å². The molecule has 4 aromatic rings. The quantitative estimate of drug-likeness (QED) is 0.389. The van der Waals surface area contributed by atoms with Gasteiger partial charge in [0.25, 0.3) is 5.89 Å². The third-order valence-corrected chi connectivity index (χ3v) is 4.39. The highest BCUT2D eigenvalue weighted by Gasteiger charge is 2.13. The van der Waals surface area contributed by atoms with Crippen LogP contribution in [0.2, 0.25) is 0 Å². The zero-order chi connectivity index (χ0) is 21.6. The summed E-state index contributed by atoms with van der Waals surface area (Å²) in [4.78, 5) is 16.2. The van der Waals surface area contributed by atoms with E-state index in [2.05, 4.69) is 15.2 Å². The highest BCUT2D eigenvalue weighted by atomic mass is 19.1. The van der Waals surface area contributed by atoms with Gasteiger partial charge in [-0.2, -0.15) is 0 Å². The maximum atomic E-state index is 13.0. The summed E-state index contributed by atoms with van der Waals surface area (Å²) in [5, 5.41) is 7.84. The average molecular weight is 423 g/mol. The highest BCUT2D eigenvalue weighted by molar-refractivity contribution is 5.69. The van der Waals surface area contributed by atoms with Crippen LogP contribution in [0.25, 0.3) is 22.8 Å². The Labute approximate surface area is 176 Å². The molecular formula is C22H18FN3O5. The standard InChI is InChI=1S/C22H18FN3O5/c1-28-17-8-4-15(5-9-17)22-26-25-20(31-22)13-29-21(27)11-10-19-24-12-18(30-19)14-2-6-16(23)7-3-14/h2-9,12H,10-11,13H2,1H3. The lowest BCUT2D eigenvalue weighted by Crippen LogP contribution is -2.06. The first-order valence-electron chi connectivity index (χ1n) is 9.44. The molecular weight excluding hydrogens is 405 g/mol. The van der Waals surface area contributed by atoms with Gasteiger partial charge in [0.2, 0.25) is 5.89 Å². The summed E-state index contributed by atoms with van der Waals surface area (Å²) < 4.78 is 34.4. The van der Waals surface area contributed by atoms with Crippen molar-refractivity contribution in [1.82, 2.24) is 15.2 Å². The third kappa shape index (κ3) is 5.13. The molecule has 0 atom stereocenters. The predicted molar refractivity (Wildman–Crippen MR) is 106 cm³/mol. The molecule has 2 heterocycles. The zero-order valence-electron chi connectivity index (χ0n) is 16.6. The van der Waals surface area contributed by atoms with E-state index in [-0.39, 0.29) is 31.2 Å². The number of halogens is 1. The van der Waals surface area contributed by atoms with Crippen molar-refractivity contribution in [2.45, 2.75) is 19.4 Å². The minimum atomic E-state index is -0.453. The number of hydrogen-bond acceptors (Lipinski definition) is 8. The van der Waals surface area contributed by atoms with Crippen molar-refractivity contribution in [3.8, 4) is 28.5 Å². The first kappa shape index (κ1) is 20.3. The Balaban J connectivity index is 1.26. The van der Waals surface area contributed by atoms with E-state index in [9.17, 15) is 9.18 Å². The largest absolute Gasteiger partial charge is 0.497 e. The molecule has 0 saturated carbocycles. The molecule has 0 bridgehead atoms. The van der Waals surface area contributed by atoms with Crippen molar-refractivity contribution in [3.05, 3.63) is 72.3 Å². The molecule has 2 aromatic carbocycles. The Kier molecular flexibility index (Phi) is 6.02. The number of rotatable bonds is 8. The summed E-state index contributed by atoms with van der Waals surface area (Å²) in [6.45, 7) is -0.131. The van der Waals surface area contributed by atoms with E-state index >= 15 is 0 Å². The van der Waals surface area contributed by atoms with Gasteiger partial charge in [0.15, 0.2) is 18.3 Å². The van der Waals surface area contributed by atoms with Crippen molar-refractivity contribution in [2.24, 2.45) is 0 Å². The molecule has 0 aliphatic rings. The number of oxazole rings is 1. The number of carbonyl (C=O) groups excluding carboxylic acids is 1. The second kappa shape index (κ2) is 9.21. The number of aryl methyl sites for hydroxylation is 1. The van der Waals surface area contributed by atoms with E-state index in [0.29, 0.717) is 28.9 Å². The van der Waals surface area contributed by atoms with Gasteiger partial charge in [0.1, 0.15) is 11.6 Å². The van der Waals surface area contributed by atoms with Crippen LogP contribution in [0.15, 0.2) is 63.6 Å². The molecule has 0 aliphatic carbocycles. The monoisotopic (exact) mass is 423 g/mol. The summed E-state index contributed by atoms with van der Waals surface area (Å²) in [5.41, 5.74) is 1.43. The van der Waals surface area contributed by atoms with Gasteiger partial charge in [-0.1, -0.05) is 0 Å². The Morgan fingerprint density at radius 2 is 1.71 bits per heavy atom. The molecule has 158 valence electrons. The van der Waals surface area contributed by atoms with Crippen molar-refractivity contribution < 1.29 is 27.5 Å². The van der Waals surface area contributed by atoms with E-state index in [4.69, 9.17) is 18.3 Å². The molecule has 0 unspecified atom stereocenters. The van der Waals surface area contributed by atoms with Gasteiger partial charge in [-0.25, -0.2) is 9.37 Å². The molecule has 0 fully saturated rings. The van der Waals surface area contributed by atoms with Crippen molar-refractivity contribution >= 4 is 5.97 Å². The maximum absolute atomic E-state index is 13.0. The molecule has 0 saturated heterocycles. The minimum absolute atomic E-state index is 0.0723. The smallest absolute Gasteiger partial charge is 0.306 e. The van der Waals surface area contributed by atoms with Crippen LogP contribution < -0.4 is 4.74 Å². The molecule has 0 N–H and O–H groups in total. The SMILES string of the molecule is COc1ccc(-c2nnc(COC(=O)CCc3ncc(-c4ccc(F)cc4)o3)o2)cc1. The van der Waals surface area contributed by atoms with Crippen LogP contribution >= 0.6 is 0 Å². The van der Waals surface area contributed by atoms with Crippen LogP contribution in [-0.2, 0) is 22.6 Å². The molecule has 31 heavy (non-hydrogen) atoms. The first-order chi connectivity index (χ1) is 15.1. The van der Waals surface area contributed by atoms with Crippen LogP contribution in [-0.4, -0.2) is 28.3 Å². The number of nitrogens with zero attached hydrogens (tertiary/aromatic N) is 3. The Bertz CT molecular complexity index is 1150. The summed E-state index contributed by atoms with van der Waals surface area (Å²) in [7, 11) is 1.58. The minimum Gasteiger partial charge on any atom is -0.497 e. The Morgan fingerprint density at radius 3 is 2.45 bits per heavy atom. The fourth-order valence-electron chi connectivity index (χ4n) is 2.76. The molecule has 4 rings (SSSR count). The number of ether oxygens (including phenoxy) is 2. The molecule has 2 aromatic heterocycles. The number of methoxy groups -OCH3 is 1. The van der Waals surface area contributed by atoms with Gasteiger partial charge in [0, 0.05) is 17.5 Å². The average Bonchev–Trinajstić information content (AvgIpc) is 3.47. The number of aromatic nitrogens is 3. The molecule has 8 nitrogen and oxygen atoms in total. The number of carbonyl (C=O) groups is 1. The molecule has 0 spiro atoms. The number of benzene rings is 2. The highest BCUT2D eigenvalue weighted by Crippen LogP contribution is 2.22. The van der Waals surface area contributed by atoms with Crippen molar-refractivity contribution in [3.63, 3.8) is 0 Å². The number of esters is 1. The normalized spacial score (nSPS) is 10.8. The Morgan fingerprint density at radius 1 is 0.968 bits per heavy atom. The van der Waals surface area contributed by atoms with Gasteiger partial charge >= 0.3 is 5.97 Å². The fraction of sp³-hybridized carbons (Fsp3) is 0.182. The predicted octanol–water partition coefficient (Wildman–Crippen LogP) is 4.22. The summed E-state index contributed by atoms with van der Waals surface area (Å²) in [6, 6.07) is 13.0. The van der Waals surface area contributed by atoms with Crippen LogP contribution in [0.1, 0.15) is 18.2 Å². The van der Waals surface area contributed by atoms with Crippen molar-refractivity contribution in [1.29, 1.82) is 0 Å². The molecule has 0 aliphatic heterocycles. The fourth-order valence-corrected chi connectivity index (χ4v) is 2.76. The van der Waals surface area contributed by atoms with Gasteiger partial charge in [-0.05, 0) is 48.5 Å². The van der Waals surface area contributed by atoms with Crippen LogP contribution in [0.3, 0.4) is 0 Å². The van der Waals surface area contributed by atoms with E-state index in [1.54, 1.807) is 43.5 Å².